The van der Waals surface area contributed by atoms with Crippen molar-refractivity contribution in [2.75, 3.05) is 43.4 Å². The quantitative estimate of drug-likeness (QED) is 0.651. The van der Waals surface area contributed by atoms with E-state index in [9.17, 15) is 4.79 Å². The van der Waals surface area contributed by atoms with Crippen molar-refractivity contribution in [3.05, 3.63) is 23.7 Å². The van der Waals surface area contributed by atoms with Crippen LogP contribution in [0.1, 0.15) is 44.1 Å². The Morgan fingerprint density at radius 3 is 2.48 bits per heavy atom. The number of likely N-dealkylation sites (N-methyl/N-ethyl adjacent to an activating group) is 1. The highest BCUT2D eigenvalue weighted by atomic mass is 16.1. The zero-order valence-corrected chi connectivity index (χ0v) is 18.8. The second kappa shape index (κ2) is 9.64. The average Bonchev–Trinajstić information content (AvgIpc) is 3.14. The van der Waals surface area contributed by atoms with Gasteiger partial charge in [0.2, 0.25) is 5.91 Å². The van der Waals surface area contributed by atoms with E-state index in [0.717, 1.165) is 87.3 Å². The number of aromatic amines is 1. The van der Waals surface area contributed by atoms with E-state index in [4.69, 9.17) is 9.97 Å². The van der Waals surface area contributed by atoms with Gasteiger partial charge in [0.25, 0.3) is 0 Å². The Morgan fingerprint density at radius 2 is 1.84 bits per heavy atom. The SMILES string of the molecule is CC(=O)NC1CCC(Cc2nc(Nc3cc(C)[nH]n3)cc(N3CCN(C)CC3)n2)CC1. The lowest BCUT2D eigenvalue weighted by Gasteiger charge is -2.33. The van der Waals surface area contributed by atoms with Gasteiger partial charge in [-0.2, -0.15) is 5.10 Å². The molecule has 4 rings (SSSR count). The third kappa shape index (κ3) is 5.94. The van der Waals surface area contributed by atoms with Gasteiger partial charge in [0.05, 0.1) is 0 Å². The normalized spacial score (nSPS) is 22.4. The number of anilines is 3. The van der Waals surface area contributed by atoms with Crippen molar-refractivity contribution in [3.63, 3.8) is 0 Å². The molecule has 0 radical (unpaired) electrons. The summed E-state index contributed by atoms with van der Waals surface area (Å²) in [6.07, 6.45) is 5.10. The van der Waals surface area contributed by atoms with Crippen LogP contribution in [-0.2, 0) is 11.2 Å². The highest BCUT2D eigenvalue weighted by Gasteiger charge is 2.24. The summed E-state index contributed by atoms with van der Waals surface area (Å²) in [7, 11) is 2.16. The molecule has 1 amide bonds. The number of aryl methyl sites for hydroxylation is 1. The Balaban J connectivity index is 1.48. The lowest BCUT2D eigenvalue weighted by atomic mass is 9.84. The smallest absolute Gasteiger partial charge is 0.217 e. The molecule has 3 heterocycles. The number of piperazine rings is 1. The third-order valence-corrected chi connectivity index (χ3v) is 6.27. The summed E-state index contributed by atoms with van der Waals surface area (Å²) in [6, 6.07) is 4.32. The fourth-order valence-electron chi connectivity index (χ4n) is 4.51. The number of hydrogen-bond acceptors (Lipinski definition) is 7. The molecular formula is C22H34N8O. The molecule has 1 aliphatic heterocycles. The first-order chi connectivity index (χ1) is 14.9. The van der Waals surface area contributed by atoms with Gasteiger partial charge in [-0.25, -0.2) is 9.97 Å². The molecule has 1 saturated heterocycles. The molecule has 2 aromatic rings. The van der Waals surface area contributed by atoms with Crippen molar-refractivity contribution in [3.8, 4) is 0 Å². The molecule has 0 aromatic carbocycles. The summed E-state index contributed by atoms with van der Waals surface area (Å²) < 4.78 is 0. The largest absolute Gasteiger partial charge is 0.354 e. The maximum atomic E-state index is 11.3. The van der Waals surface area contributed by atoms with E-state index in [-0.39, 0.29) is 5.91 Å². The van der Waals surface area contributed by atoms with Crippen LogP contribution in [0.2, 0.25) is 0 Å². The van der Waals surface area contributed by atoms with Crippen LogP contribution in [0.5, 0.6) is 0 Å². The van der Waals surface area contributed by atoms with Crippen molar-refractivity contribution in [1.29, 1.82) is 0 Å². The molecule has 0 spiro atoms. The molecule has 0 bridgehead atoms. The Bertz CT molecular complexity index is 881. The predicted octanol–water partition coefficient (Wildman–Crippen LogP) is 2.24. The van der Waals surface area contributed by atoms with E-state index in [1.807, 2.05) is 19.1 Å². The van der Waals surface area contributed by atoms with E-state index in [1.165, 1.54) is 0 Å². The molecule has 0 unspecified atom stereocenters. The number of rotatable bonds is 6. The van der Waals surface area contributed by atoms with Crippen LogP contribution in [0.4, 0.5) is 17.5 Å². The van der Waals surface area contributed by atoms with Gasteiger partial charge in [-0.05, 0) is 45.6 Å². The number of carbonyl (C=O) groups is 1. The van der Waals surface area contributed by atoms with Crippen molar-refractivity contribution >= 4 is 23.4 Å². The molecule has 2 aliphatic rings. The van der Waals surface area contributed by atoms with Crippen LogP contribution in [0.25, 0.3) is 0 Å². The summed E-state index contributed by atoms with van der Waals surface area (Å²) >= 11 is 0. The first-order valence-corrected chi connectivity index (χ1v) is 11.3. The minimum absolute atomic E-state index is 0.0657. The van der Waals surface area contributed by atoms with Gasteiger partial charge < -0.3 is 20.4 Å². The molecule has 2 aromatic heterocycles. The molecular weight excluding hydrogens is 392 g/mol. The number of hydrogen-bond donors (Lipinski definition) is 3. The number of nitrogens with zero attached hydrogens (tertiary/aromatic N) is 5. The lowest BCUT2D eigenvalue weighted by Crippen LogP contribution is -2.45. The lowest BCUT2D eigenvalue weighted by molar-refractivity contribution is -0.119. The topological polar surface area (TPSA) is 102 Å². The number of amides is 1. The number of carbonyl (C=O) groups excluding carboxylic acids is 1. The molecule has 1 aliphatic carbocycles. The van der Waals surface area contributed by atoms with E-state index in [0.29, 0.717) is 12.0 Å². The van der Waals surface area contributed by atoms with Crippen LogP contribution in [0, 0.1) is 12.8 Å². The first kappa shape index (κ1) is 21.5. The monoisotopic (exact) mass is 426 g/mol. The highest BCUT2D eigenvalue weighted by Crippen LogP contribution is 2.28. The summed E-state index contributed by atoms with van der Waals surface area (Å²) in [5.41, 5.74) is 1.01. The van der Waals surface area contributed by atoms with Crippen LogP contribution < -0.4 is 15.5 Å². The number of nitrogens with one attached hydrogen (secondary N) is 3. The van der Waals surface area contributed by atoms with Gasteiger partial charge in [0.15, 0.2) is 5.82 Å². The molecule has 2 fully saturated rings. The van der Waals surface area contributed by atoms with Crippen molar-refractivity contribution in [1.82, 2.24) is 30.4 Å². The van der Waals surface area contributed by atoms with Crippen LogP contribution in [-0.4, -0.2) is 70.2 Å². The standard InChI is InChI=1S/C22H34N8O/c1-15-12-21(28-27-15)25-20-14-22(30-10-8-29(3)9-11-30)26-19(24-20)13-17-4-6-18(7-5-17)23-16(2)31/h12,14,17-18H,4-11,13H2,1-3H3,(H,23,31)(H2,24,25,26,27,28). The predicted molar refractivity (Wildman–Crippen MR) is 122 cm³/mol. The average molecular weight is 427 g/mol. The van der Waals surface area contributed by atoms with Gasteiger partial charge in [0, 0.05) is 63.4 Å². The van der Waals surface area contributed by atoms with E-state index in [2.05, 4.69) is 37.7 Å². The van der Waals surface area contributed by atoms with Crippen molar-refractivity contribution in [2.45, 2.75) is 52.0 Å². The van der Waals surface area contributed by atoms with Crippen LogP contribution in [0.15, 0.2) is 12.1 Å². The maximum Gasteiger partial charge on any atom is 0.217 e. The Hall–Kier alpha value is -2.68. The number of H-pyrrole nitrogens is 1. The zero-order chi connectivity index (χ0) is 21.8. The second-order valence-corrected chi connectivity index (χ2v) is 9.00. The molecule has 168 valence electrons. The van der Waals surface area contributed by atoms with Gasteiger partial charge in [-0.15, -0.1) is 0 Å². The Kier molecular flexibility index (Phi) is 6.70. The molecule has 0 atom stereocenters. The molecule has 31 heavy (non-hydrogen) atoms. The Morgan fingerprint density at radius 1 is 1.10 bits per heavy atom. The van der Waals surface area contributed by atoms with E-state index >= 15 is 0 Å². The van der Waals surface area contributed by atoms with Crippen molar-refractivity contribution < 1.29 is 4.79 Å². The van der Waals surface area contributed by atoms with Gasteiger partial charge >= 0.3 is 0 Å². The van der Waals surface area contributed by atoms with E-state index in [1.54, 1.807) is 6.92 Å². The van der Waals surface area contributed by atoms with Gasteiger partial charge in [0.1, 0.15) is 17.5 Å². The maximum absolute atomic E-state index is 11.3. The molecule has 9 heteroatoms. The third-order valence-electron chi connectivity index (χ3n) is 6.27. The molecule has 3 N–H and O–H groups in total. The molecule has 1 saturated carbocycles. The molecule has 9 nitrogen and oxygen atoms in total. The van der Waals surface area contributed by atoms with Gasteiger partial charge in [-0.1, -0.05) is 0 Å². The fraction of sp³-hybridized carbons (Fsp3) is 0.636. The summed E-state index contributed by atoms with van der Waals surface area (Å²) in [4.78, 5) is 25.8. The zero-order valence-electron chi connectivity index (χ0n) is 18.8. The summed E-state index contributed by atoms with van der Waals surface area (Å²) in [5.74, 6) is 4.04. The second-order valence-electron chi connectivity index (χ2n) is 9.00. The fourth-order valence-corrected chi connectivity index (χ4v) is 4.51. The Labute approximate surface area is 184 Å². The minimum Gasteiger partial charge on any atom is -0.354 e. The van der Waals surface area contributed by atoms with Gasteiger partial charge in [-0.3, -0.25) is 9.89 Å². The number of aromatic nitrogens is 4. The summed E-state index contributed by atoms with van der Waals surface area (Å²) in [6.45, 7) is 7.59. The van der Waals surface area contributed by atoms with E-state index < -0.39 is 0 Å². The van der Waals surface area contributed by atoms with Crippen LogP contribution in [0.3, 0.4) is 0 Å². The summed E-state index contributed by atoms with van der Waals surface area (Å²) in [5, 5.41) is 13.7. The minimum atomic E-state index is 0.0657. The highest BCUT2D eigenvalue weighted by molar-refractivity contribution is 5.73. The van der Waals surface area contributed by atoms with Crippen molar-refractivity contribution in [2.24, 2.45) is 5.92 Å². The van der Waals surface area contributed by atoms with Crippen LogP contribution >= 0.6 is 0 Å². The first-order valence-electron chi connectivity index (χ1n) is 11.3.